The van der Waals surface area contributed by atoms with Crippen LogP contribution in [0.15, 0.2) is 18.2 Å². The Bertz CT molecular complexity index is 384. The zero-order valence-corrected chi connectivity index (χ0v) is 10.7. The number of nitrogens with zero attached hydrogens (tertiary/aromatic N) is 1. The minimum atomic E-state index is 0.191. The lowest BCUT2D eigenvalue weighted by Crippen LogP contribution is -2.42. The van der Waals surface area contributed by atoms with Crippen molar-refractivity contribution in [1.29, 1.82) is 0 Å². The summed E-state index contributed by atoms with van der Waals surface area (Å²) >= 11 is 6.05. The molecule has 3 N–H and O–H groups in total. The molecule has 94 valence electrons. The molecule has 1 saturated heterocycles. The number of benzene rings is 1. The van der Waals surface area contributed by atoms with Gasteiger partial charge in [-0.2, -0.15) is 0 Å². The van der Waals surface area contributed by atoms with Crippen molar-refractivity contribution in [2.75, 3.05) is 18.1 Å². The Labute approximate surface area is 107 Å². The zero-order valence-electron chi connectivity index (χ0n) is 9.90. The largest absolute Gasteiger partial charge is 0.394 e. The molecule has 1 aliphatic heterocycles. The third-order valence-corrected chi connectivity index (χ3v) is 3.65. The van der Waals surface area contributed by atoms with Crippen LogP contribution >= 0.6 is 11.6 Å². The minimum Gasteiger partial charge on any atom is -0.394 e. The molecular formula is C13H19ClN2O. The fourth-order valence-corrected chi connectivity index (χ4v) is 2.65. The van der Waals surface area contributed by atoms with Crippen molar-refractivity contribution in [1.82, 2.24) is 0 Å². The molecule has 1 fully saturated rings. The van der Waals surface area contributed by atoms with E-state index in [9.17, 15) is 5.11 Å². The van der Waals surface area contributed by atoms with Crippen LogP contribution in [0.4, 0.5) is 5.69 Å². The Morgan fingerprint density at radius 2 is 2.24 bits per heavy atom. The second-order valence-corrected chi connectivity index (χ2v) is 4.94. The molecule has 0 radical (unpaired) electrons. The van der Waals surface area contributed by atoms with E-state index in [1.165, 1.54) is 6.42 Å². The number of hydrogen-bond donors (Lipinski definition) is 2. The Morgan fingerprint density at radius 1 is 1.41 bits per heavy atom. The van der Waals surface area contributed by atoms with Gasteiger partial charge >= 0.3 is 0 Å². The summed E-state index contributed by atoms with van der Waals surface area (Å²) in [5.41, 5.74) is 7.94. The summed E-state index contributed by atoms with van der Waals surface area (Å²) in [6, 6.07) is 6.00. The van der Waals surface area contributed by atoms with Gasteiger partial charge in [0.1, 0.15) is 0 Å². The summed E-state index contributed by atoms with van der Waals surface area (Å²) in [7, 11) is 0. The average molecular weight is 255 g/mol. The molecule has 1 heterocycles. The highest BCUT2D eigenvalue weighted by Gasteiger charge is 2.23. The second kappa shape index (κ2) is 5.71. The van der Waals surface area contributed by atoms with E-state index in [0.29, 0.717) is 6.54 Å². The van der Waals surface area contributed by atoms with Crippen LogP contribution in [0.5, 0.6) is 0 Å². The van der Waals surface area contributed by atoms with Gasteiger partial charge in [0, 0.05) is 23.8 Å². The molecule has 4 heteroatoms. The maximum atomic E-state index is 9.45. The van der Waals surface area contributed by atoms with Crippen LogP contribution in [0.25, 0.3) is 0 Å². The maximum absolute atomic E-state index is 9.45. The fraction of sp³-hybridized carbons (Fsp3) is 0.538. The molecule has 0 saturated carbocycles. The van der Waals surface area contributed by atoms with Gasteiger partial charge in [-0.3, -0.25) is 0 Å². The highest BCUT2D eigenvalue weighted by Crippen LogP contribution is 2.30. The molecule has 1 aliphatic rings. The lowest BCUT2D eigenvalue weighted by Gasteiger charge is -2.37. The number of hydrogen-bond acceptors (Lipinski definition) is 3. The molecule has 0 aliphatic carbocycles. The third kappa shape index (κ3) is 2.73. The van der Waals surface area contributed by atoms with Crippen LogP contribution < -0.4 is 10.6 Å². The van der Waals surface area contributed by atoms with Crippen LogP contribution in [0.1, 0.15) is 24.8 Å². The minimum absolute atomic E-state index is 0.191. The number of anilines is 1. The van der Waals surface area contributed by atoms with E-state index >= 15 is 0 Å². The lowest BCUT2D eigenvalue weighted by molar-refractivity contribution is 0.240. The lowest BCUT2D eigenvalue weighted by atomic mass is 10.0. The predicted octanol–water partition coefficient (Wildman–Crippen LogP) is 2.15. The van der Waals surface area contributed by atoms with Gasteiger partial charge < -0.3 is 15.7 Å². The van der Waals surface area contributed by atoms with Crippen molar-refractivity contribution in [3.63, 3.8) is 0 Å². The summed E-state index contributed by atoms with van der Waals surface area (Å²) in [5.74, 6) is 0. The van der Waals surface area contributed by atoms with Gasteiger partial charge in [-0.05, 0) is 37.0 Å². The average Bonchev–Trinajstić information content (AvgIpc) is 2.38. The Morgan fingerprint density at radius 3 is 2.94 bits per heavy atom. The van der Waals surface area contributed by atoms with E-state index in [4.69, 9.17) is 17.3 Å². The SMILES string of the molecule is NCc1ccc(Cl)cc1N1CCCCC1CO. The maximum Gasteiger partial charge on any atom is 0.0635 e. The van der Waals surface area contributed by atoms with Gasteiger partial charge in [-0.25, -0.2) is 0 Å². The predicted molar refractivity (Wildman–Crippen MR) is 71.4 cm³/mol. The standard InChI is InChI=1S/C13H19ClN2O/c14-11-5-4-10(8-15)13(7-11)16-6-2-1-3-12(16)9-17/h4-5,7,12,17H,1-3,6,8-9,15H2. The summed E-state index contributed by atoms with van der Waals surface area (Å²) in [4.78, 5) is 2.25. The first-order valence-electron chi connectivity index (χ1n) is 6.12. The topological polar surface area (TPSA) is 49.5 Å². The number of halogens is 1. The highest BCUT2D eigenvalue weighted by atomic mass is 35.5. The normalized spacial score (nSPS) is 20.6. The first-order chi connectivity index (χ1) is 8.26. The number of nitrogens with two attached hydrogens (primary N) is 1. The van der Waals surface area contributed by atoms with Gasteiger partial charge in [-0.15, -0.1) is 0 Å². The van der Waals surface area contributed by atoms with Crippen LogP contribution in [-0.2, 0) is 6.54 Å². The monoisotopic (exact) mass is 254 g/mol. The highest BCUT2D eigenvalue weighted by molar-refractivity contribution is 6.30. The number of piperidine rings is 1. The van der Waals surface area contributed by atoms with E-state index in [0.717, 1.165) is 35.7 Å². The number of aliphatic hydroxyl groups excluding tert-OH is 1. The molecule has 1 unspecified atom stereocenters. The van der Waals surface area contributed by atoms with Gasteiger partial charge in [0.15, 0.2) is 0 Å². The quantitative estimate of drug-likeness (QED) is 0.869. The molecule has 0 spiro atoms. The number of aliphatic hydroxyl groups is 1. The van der Waals surface area contributed by atoms with Gasteiger partial charge in [0.05, 0.1) is 12.6 Å². The van der Waals surface area contributed by atoms with Gasteiger partial charge in [0.2, 0.25) is 0 Å². The summed E-state index contributed by atoms with van der Waals surface area (Å²) in [5, 5.41) is 10.2. The van der Waals surface area contributed by atoms with Crippen molar-refractivity contribution >= 4 is 17.3 Å². The summed E-state index contributed by atoms with van der Waals surface area (Å²) < 4.78 is 0. The third-order valence-electron chi connectivity index (χ3n) is 3.41. The molecule has 2 rings (SSSR count). The number of rotatable bonds is 3. The molecule has 17 heavy (non-hydrogen) atoms. The van der Waals surface area contributed by atoms with Crippen molar-refractivity contribution in [2.24, 2.45) is 5.73 Å². The van der Waals surface area contributed by atoms with Crippen LogP contribution in [0.2, 0.25) is 5.02 Å². The smallest absolute Gasteiger partial charge is 0.0635 e. The summed E-state index contributed by atoms with van der Waals surface area (Å²) in [6.07, 6.45) is 3.38. The molecule has 0 bridgehead atoms. The Kier molecular flexibility index (Phi) is 4.26. The van der Waals surface area contributed by atoms with E-state index in [2.05, 4.69) is 4.90 Å². The van der Waals surface area contributed by atoms with Crippen LogP contribution in [0, 0.1) is 0 Å². The van der Waals surface area contributed by atoms with Crippen molar-refractivity contribution in [3.8, 4) is 0 Å². The first-order valence-corrected chi connectivity index (χ1v) is 6.50. The van der Waals surface area contributed by atoms with Crippen LogP contribution in [-0.4, -0.2) is 24.3 Å². The molecule has 1 aromatic rings. The Balaban J connectivity index is 2.33. The zero-order chi connectivity index (χ0) is 12.3. The van der Waals surface area contributed by atoms with Crippen molar-refractivity contribution in [3.05, 3.63) is 28.8 Å². The summed E-state index contributed by atoms with van der Waals surface area (Å²) in [6.45, 7) is 1.66. The molecular weight excluding hydrogens is 236 g/mol. The molecule has 1 atom stereocenters. The Hall–Kier alpha value is -0.770. The van der Waals surface area contributed by atoms with E-state index in [-0.39, 0.29) is 12.6 Å². The molecule has 0 amide bonds. The van der Waals surface area contributed by atoms with Gasteiger partial charge in [-0.1, -0.05) is 17.7 Å². The first kappa shape index (κ1) is 12.7. The molecule has 3 nitrogen and oxygen atoms in total. The van der Waals surface area contributed by atoms with E-state index in [1.54, 1.807) is 0 Å². The van der Waals surface area contributed by atoms with Crippen molar-refractivity contribution < 1.29 is 5.11 Å². The van der Waals surface area contributed by atoms with Crippen molar-refractivity contribution in [2.45, 2.75) is 31.8 Å². The van der Waals surface area contributed by atoms with E-state index < -0.39 is 0 Å². The molecule has 1 aromatic carbocycles. The molecule has 0 aromatic heterocycles. The van der Waals surface area contributed by atoms with Gasteiger partial charge in [0.25, 0.3) is 0 Å². The fourth-order valence-electron chi connectivity index (χ4n) is 2.48. The second-order valence-electron chi connectivity index (χ2n) is 4.50. The van der Waals surface area contributed by atoms with E-state index in [1.807, 2.05) is 18.2 Å². The van der Waals surface area contributed by atoms with Crippen LogP contribution in [0.3, 0.4) is 0 Å².